The fourth-order valence-electron chi connectivity index (χ4n) is 6.58. The second-order valence-electron chi connectivity index (χ2n) is 15.7. The Morgan fingerprint density at radius 2 is 0.949 bits per heavy atom. The number of amides is 1. The number of esters is 1. The standard InChI is InChI=1S/C53H89NO5/c1-4-7-10-13-16-19-22-25-27-29-32-35-38-41-44-49(59-53(58)46-43-40-37-34-31-28-26-23-20-17-14-11-8-5-2)47-52(57)54-50(48-55)51(56)45-42-39-36-33-30-24-21-18-15-12-9-6-3/h7-8,10-11,16-17,19-20,25-28,32,35,41,44,49-51,55-56H,4-6,9,12-15,18,21-24,29-31,33-34,36-40,42-43,45-48H2,1-3H3,(H,54,57)/b10-7+,11-8+,19-16+,20-17+,27-25+,28-26+,35-32+,44-41+. The number of nitrogens with one attached hydrogen (secondary N) is 1. The van der Waals surface area contributed by atoms with Crippen LogP contribution in [0.15, 0.2) is 97.2 Å². The number of aliphatic hydroxyl groups excluding tert-OH is 2. The van der Waals surface area contributed by atoms with E-state index in [-0.39, 0.29) is 24.9 Å². The van der Waals surface area contributed by atoms with Crippen LogP contribution < -0.4 is 5.32 Å². The van der Waals surface area contributed by atoms with Gasteiger partial charge in [-0.25, -0.2) is 0 Å². The molecule has 0 radical (unpaired) electrons. The molecular formula is C53H89NO5. The van der Waals surface area contributed by atoms with Crippen molar-refractivity contribution in [2.75, 3.05) is 6.61 Å². The number of carbonyl (C=O) groups is 2. The summed E-state index contributed by atoms with van der Waals surface area (Å²) in [5.41, 5.74) is 0. The number of allylic oxidation sites excluding steroid dienone is 15. The molecule has 0 saturated carbocycles. The van der Waals surface area contributed by atoms with E-state index in [0.29, 0.717) is 19.3 Å². The molecule has 59 heavy (non-hydrogen) atoms. The van der Waals surface area contributed by atoms with Gasteiger partial charge in [0.25, 0.3) is 0 Å². The van der Waals surface area contributed by atoms with E-state index >= 15 is 0 Å². The third-order valence-corrected chi connectivity index (χ3v) is 10.2. The molecule has 0 aromatic rings. The number of carbonyl (C=O) groups excluding carboxylic acids is 2. The molecule has 336 valence electrons. The summed E-state index contributed by atoms with van der Waals surface area (Å²) in [6.45, 7) is 6.19. The first-order valence-electron chi connectivity index (χ1n) is 24.0. The lowest BCUT2D eigenvalue weighted by molar-refractivity contribution is -0.148. The molecule has 0 aliphatic carbocycles. The van der Waals surface area contributed by atoms with Crippen LogP contribution in [0.3, 0.4) is 0 Å². The van der Waals surface area contributed by atoms with Crippen molar-refractivity contribution in [2.45, 2.75) is 219 Å². The number of aliphatic hydroxyl groups is 2. The van der Waals surface area contributed by atoms with E-state index in [4.69, 9.17) is 4.74 Å². The summed E-state index contributed by atoms with van der Waals surface area (Å²) >= 11 is 0. The summed E-state index contributed by atoms with van der Waals surface area (Å²) in [6, 6.07) is -0.751. The molecule has 0 aliphatic rings. The lowest BCUT2D eigenvalue weighted by Crippen LogP contribution is -2.46. The Balaban J connectivity index is 4.81. The van der Waals surface area contributed by atoms with Gasteiger partial charge < -0.3 is 20.3 Å². The Morgan fingerprint density at radius 3 is 1.44 bits per heavy atom. The zero-order chi connectivity index (χ0) is 43.1. The maximum absolute atomic E-state index is 13.1. The van der Waals surface area contributed by atoms with Gasteiger partial charge in [-0.1, -0.05) is 202 Å². The quantitative estimate of drug-likeness (QED) is 0.0324. The van der Waals surface area contributed by atoms with Crippen molar-refractivity contribution in [1.82, 2.24) is 5.32 Å². The first-order chi connectivity index (χ1) is 29.0. The van der Waals surface area contributed by atoms with Crippen molar-refractivity contribution >= 4 is 11.9 Å². The van der Waals surface area contributed by atoms with Gasteiger partial charge in [-0.15, -0.1) is 0 Å². The monoisotopic (exact) mass is 820 g/mol. The highest BCUT2D eigenvalue weighted by Gasteiger charge is 2.23. The molecule has 0 saturated heterocycles. The molecule has 6 nitrogen and oxygen atoms in total. The summed E-state index contributed by atoms with van der Waals surface area (Å²) in [5.74, 6) is -0.664. The minimum atomic E-state index is -0.827. The van der Waals surface area contributed by atoms with Crippen LogP contribution in [0, 0.1) is 0 Å². The minimum absolute atomic E-state index is 0.0603. The van der Waals surface area contributed by atoms with Crippen molar-refractivity contribution in [1.29, 1.82) is 0 Å². The van der Waals surface area contributed by atoms with Crippen molar-refractivity contribution in [3.8, 4) is 0 Å². The van der Waals surface area contributed by atoms with Crippen LogP contribution in [-0.2, 0) is 14.3 Å². The molecule has 0 heterocycles. The normalized spacial score (nSPS) is 14.2. The fraction of sp³-hybridized carbons (Fsp3) is 0.660. The number of hydrogen-bond donors (Lipinski definition) is 3. The van der Waals surface area contributed by atoms with Gasteiger partial charge in [0, 0.05) is 6.42 Å². The molecule has 0 aromatic carbocycles. The third-order valence-electron chi connectivity index (χ3n) is 10.2. The Labute approximate surface area is 363 Å². The van der Waals surface area contributed by atoms with E-state index < -0.39 is 18.2 Å². The Kier molecular flexibility index (Phi) is 43.4. The number of rotatable bonds is 41. The van der Waals surface area contributed by atoms with Gasteiger partial charge in [-0.3, -0.25) is 9.59 Å². The van der Waals surface area contributed by atoms with Crippen molar-refractivity contribution in [3.63, 3.8) is 0 Å². The maximum atomic E-state index is 13.1. The summed E-state index contributed by atoms with van der Waals surface area (Å²) in [4.78, 5) is 26.0. The van der Waals surface area contributed by atoms with Crippen LogP contribution in [0.1, 0.15) is 201 Å². The number of ether oxygens (including phenoxy) is 1. The fourth-order valence-corrected chi connectivity index (χ4v) is 6.58. The molecule has 0 rings (SSSR count). The van der Waals surface area contributed by atoms with Crippen LogP contribution in [0.25, 0.3) is 0 Å². The lowest BCUT2D eigenvalue weighted by Gasteiger charge is -2.23. The van der Waals surface area contributed by atoms with Gasteiger partial charge in [0.1, 0.15) is 6.10 Å². The van der Waals surface area contributed by atoms with Gasteiger partial charge in [0.15, 0.2) is 0 Å². The van der Waals surface area contributed by atoms with Gasteiger partial charge in [0.2, 0.25) is 5.91 Å². The van der Waals surface area contributed by atoms with E-state index in [1.807, 2.05) is 6.08 Å². The molecule has 0 aromatic heterocycles. The minimum Gasteiger partial charge on any atom is -0.458 e. The van der Waals surface area contributed by atoms with Gasteiger partial charge in [0.05, 0.1) is 25.2 Å². The Hall–Kier alpha value is -3.22. The summed E-state index contributed by atoms with van der Waals surface area (Å²) in [6.07, 6.45) is 60.7. The molecule has 0 bridgehead atoms. The van der Waals surface area contributed by atoms with E-state index in [0.717, 1.165) is 96.3 Å². The third kappa shape index (κ3) is 41.3. The van der Waals surface area contributed by atoms with Gasteiger partial charge in [-0.05, 0) is 83.1 Å². The van der Waals surface area contributed by atoms with E-state index in [1.165, 1.54) is 57.8 Å². The summed E-state index contributed by atoms with van der Waals surface area (Å²) in [5, 5.41) is 23.6. The highest BCUT2D eigenvalue weighted by molar-refractivity contribution is 5.78. The highest BCUT2D eigenvalue weighted by Crippen LogP contribution is 2.15. The van der Waals surface area contributed by atoms with Crippen LogP contribution >= 0.6 is 0 Å². The van der Waals surface area contributed by atoms with Crippen LogP contribution in [0.2, 0.25) is 0 Å². The molecule has 3 N–H and O–H groups in total. The predicted octanol–water partition coefficient (Wildman–Crippen LogP) is 14.2. The van der Waals surface area contributed by atoms with E-state index in [1.54, 1.807) is 6.08 Å². The zero-order valence-electron chi connectivity index (χ0n) is 38.1. The molecule has 0 fully saturated rings. The first-order valence-corrected chi connectivity index (χ1v) is 24.0. The predicted molar refractivity (Wildman–Crippen MR) is 254 cm³/mol. The Morgan fingerprint density at radius 1 is 0.525 bits per heavy atom. The van der Waals surface area contributed by atoms with Crippen LogP contribution in [0.5, 0.6) is 0 Å². The molecule has 0 spiro atoms. The number of unbranched alkanes of at least 4 members (excludes halogenated alkanes) is 15. The molecule has 1 amide bonds. The molecule has 0 aliphatic heterocycles. The Bertz CT molecular complexity index is 1190. The van der Waals surface area contributed by atoms with Gasteiger partial charge in [-0.2, -0.15) is 0 Å². The van der Waals surface area contributed by atoms with Crippen molar-refractivity contribution < 1.29 is 24.5 Å². The summed E-state index contributed by atoms with van der Waals surface area (Å²) < 4.78 is 5.79. The summed E-state index contributed by atoms with van der Waals surface area (Å²) in [7, 11) is 0. The molecular weight excluding hydrogens is 731 g/mol. The van der Waals surface area contributed by atoms with Crippen LogP contribution in [-0.4, -0.2) is 46.9 Å². The first kappa shape index (κ1) is 55.8. The van der Waals surface area contributed by atoms with Gasteiger partial charge >= 0.3 is 5.97 Å². The van der Waals surface area contributed by atoms with Crippen molar-refractivity contribution in [2.24, 2.45) is 0 Å². The molecule has 3 atom stereocenters. The second kappa shape index (κ2) is 45.9. The average Bonchev–Trinajstić information content (AvgIpc) is 3.23. The molecule has 6 heteroatoms. The topological polar surface area (TPSA) is 95.9 Å². The average molecular weight is 820 g/mol. The smallest absolute Gasteiger partial charge is 0.306 e. The number of hydrogen-bond acceptors (Lipinski definition) is 5. The largest absolute Gasteiger partial charge is 0.458 e. The SMILES string of the molecule is CC/C=C/C/C=C/C/C=C/C/C=C/C/C=C/C(CC(=O)NC(CO)C(O)CCCCCCCCCCCCCC)OC(=O)CCCCCC/C=C/C/C=C/C/C=C/CC. The zero-order valence-corrected chi connectivity index (χ0v) is 38.1. The molecule has 3 unspecified atom stereocenters. The van der Waals surface area contributed by atoms with E-state index in [2.05, 4.69) is 111 Å². The van der Waals surface area contributed by atoms with Crippen molar-refractivity contribution in [3.05, 3.63) is 97.2 Å². The highest BCUT2D eigenvalue weighted by atomic mass is 16.5. The second-order valence-corrected chi connectivity index (χ2v) is 15.7. The lowest BCUT2D eigenvalue weighted by atomic mass is 10.0. The maximum Gasteiger partial charge on any atom is 0.306 e. The van der Waals surface area contributed by atoms with Crippen LogP contribution in [0.4, 0.5) is 0 Å². The van der Waals surface area contributed by atoms with E-state index in [9.17, 15) is 19.8 Å².